The van der Waals surface area contributed by atoms with Gasteiger partial charge in [-0.1, -0.05) is 90.3 Å². The van der Waals surface area contributed by atoms with Crippen molar-refractivity contribution in [1.82, 2.24) is 4.90 Å². The highest BCUT2D eigenvalue weighted by atomic mass is 32.2. The van der Waals surface area contributed by atoms with E-state index in [2.05, 4.69) is 10.5 Å². The van der Waals surface area contributed by atoms with Crippen molar-refractivity contribution >= 4 is 38.2 Å². The Hall–Kier alpha value is -3.90. The van der Waals surface area contributed by atoms with Gasteiger partial charge in [0.15, 0.2) is 0 Å². The van der Waals surface area contributed by atoms with Gasteiger partial charge in [0, 0.05) is 39.7 Å². The lowest BCUT2D eigenvalue weighted by Gasteiger charge is -2.27. The number of rotatable bonds is 7. The lowest BCUT2D eigenvalue weighted by molar-refractivity contribution is 0.454. The topological polar surface area (TPSA) is 69.6 Å². The molecule has 5 rings (SSSR count). The fourth-order valence-electron chi connectivity index (χ4n) is 4.39. The zero-order valence-electron chi connectivity index (χ0n) is 20.5. The highest BCUT2D eigenvalue weighted by Gasteiger charge is 2.28. The Bertz CT molecular complexity index is 1670. The van der Waals surface area contributed by atoms with Gasteiger partial charge >= 0.3 is 0 Å². The van der Waals surface area contributed by atoms with E-state index in [9.17, 15) is 13.5 Å². The molecule has 1 heterocycles. The molecule has 0 bridgehead atoms. The van der Waals surface area contributed by atoms with Crippen molar-refractivity contribution in [2.24, 2.45) is 0 Å². The van der Waals surface area contributed by atoms with Crippen molar-refractivity contribution in [2.45, 2.75) is 30.2 Å². The van der Waals surface area contributed by atoms with Gasteiger partial charge in [0.1, 0.15) is 10.7 Å². The first-order chi connectivity index (χ1) is 17.8. The Morgan fingerprint density at radius 2 is 1.51 bits per heavy atom. The molecule has 0 saturated carbocycles. The Morgan fingerprint density at radius 3 is 2.22 bits per heavy atom. The van der Waals surface area contributed by atoms with Gasteiger partial charge in [-0.25, -0.2) is 8.42 Å². The molecule has 7 heteroatoms. The van der Waals surface area contributed by atoms with Gasteiger partial charge in [0.05, 0.1) is 10.6 Å². The van der Waals surface area contributed by atoms with Crippen molar-refractivity contribution < 1.29 is 13.5 Å². The molecule has 0 radical (unpaired) electrons. The van der Waals surface area contributed by atoms with Crippen LogP contribution in [0, 0.1) is 0 Å². The second-order valence-corrected chi connectivity index (χ2v) is 11.5. The zero-order chi connectivity index (χ0) is 26.0. The van der Waals surface area contributed by atoms with E-state index >= 15 is 0 Å². The van der Waals surface area contributed by atoms with Gasteiger partial charge in [0.25, 0.3) is 10.0 Å². The predicted octanol–water partition coefficient (Wildman–Crippen LogP) is 7.24. The molecule has 0 atom stereocenters. The molecule has 0 spiro atoms. The quantitative estimate of drug-likeness (QED) is 0.196. The summed E-state index contributed by atoms with van der Waals surface area (Å²) in [6.07, 6.45) is 1.79. The summed E-state index contributed by atoms with van der Waals surface area (Å²) >= 11 is 1.38. The number of allylic oxidation sites excluding steroid dienone is 2. The number of phenolic OH excluding ortho intramolecular Hbond substituents is 1. The summed E-state index contributed by atoms with van der Waals surface area (Å²) in [7, 11) is -3.98. The molecule has 2 N–H and O–H groups in total. The van der Waals surface area contributed by atoms with Crippen LogP contribution in [-0.2, 0) is 16.6 Å². The SMILES string of the molecule is CC1=C=CN(Cc2ccccc2)C(C)=C1S(=O)(=O)Nc1cc(Sc2ccccc2)c(O)c2ccccc12. The monoisotopic (exact) mass is 526 g/mol. The standard InChI is InChI=1S/C30H26N2O3S2/c1-21-17-18-32(20-23-11-5-3-6-12-23)22(2)30(21)37(34,35)31-27-19-28(36-24-13-7-4-8-14-24)29(33)26-16-10-9-15-25(26)27/h3-16,18-19,31,33H,20H2,1-2H3. The summed E-state index contributed by atoms with van der Waals surface area (Å²) < 4.78 is 30.5. The third-order valence-electron chi connectivity index (χ3n) is 6.20. The third-order valence-corrected chi connectivity index (χ3v) is 8.86. The van der Waals surface area contributed by atoms with Gasteiger partial charge in [0.2, 0.25) is 0 Å². The van der Waals surface area contributed by atoms with E-state index in [0.29, 0.717) is 39.2 Å². The first kappa shape index (κ1) is 24.8. The van der Waals surface area contributed by atoms with Crippen LogP contribution < -0.4 is 4.72 Å². The number of benzene rings is 4. The number of hydrogen-bond acceptors (Lipinski definition) is 5. The van der Waals surface area contributed by atoms with Crippen molar-refractivity contribution in [1.29, 1.82) is 0 Å². The van der Waals surface area contributed by atoms with E-state index in [1.165, 1.54) is 11.8 Å². The van der Waals surface area contributed by atoms with E-state index in [1.807, 2.05) is 84.6 Å². The number of hydrogen-bond donors (Lipinski definition) is 2. The van der Waals surface area contributed by atoms with Crippen molar-refractivity contribution in [3.05, 3.63) is 125 Å². The maximum atomic E-state index is 13.8. The fourth-order valence-corrected chi connectivity index (χ4v) is 6.85. The maximum absolute atomic E-state index is 13.8. The zero-order valence-corrected chi connectivity index (χ0v) is 22.1. The minimum Gasteiger partial charge on any atom is -0.506 e. The molecule has 1 aliphatic heterocycles. The largest absolute Gasteiger partial charge is 0.506 e. The molecule has 0 saturated heterocycles. The molecule has 0 fully saturated rings. The van der Waals surface area contributed by atoms with Crippen LogP contribution in [0.3, 0.4) is 0 Å². The second kappa shape index (κ2) is 10.2. The Morgan fingerprint density at radius 1 is 0.892 bits per heavy atom. The summed E-state index contributed by atoms with van der Waals surface area (Å²) in [5.41, 5.74) is 5.74. The van der Waals surface area contributed by atoms with Crippen LogP contribution in [0.25, 0.3) is 10.8 Å². The molecule has 0 aliphatic carbocycles. The summed E-state index contributed by atoms with van der Waals surface area (Å²) in [5.74, 6) is 0.119. The number of aromatic hydroxyl groups is 1. The third kappa shape index (κ3) is 5.16. The number of nitrogens with one attached hydrogen (secondary N) is 1. The van der Waals surface area contributed by atoms with Crippen LogP contribution in [0.2, 0.25) is 0 Å². The molecule has 0 aromatic heterocycles. The molecular formula is C30H26N2O3S2. The minimum atomic E-state index is -3.98. The molecule has 0 unspecified atom stereocenters. The Kier molecular flexibility index (Phi) is 6.85. The normalized spacial score (nSPS) is 13.7. The van der Waals surface area contributed by atoms with Crippen LogP contribution in [0.1, 0.15) is 19.4 Å². The van der Waals surface area contributed by atoms with Crippen LogP contribution in [0.5, 0.6) is 5.75 Å². The molecule has 37 heavy (non-hydrogen) atoms. The molecule has 0 amide bonds. The van der Waals surface area contributed by atoms with Gasteiger partial charge in [-0.3, -0.25) is 4.72 Å². The second-order valence-electron chi connectivity index (χ2n) is 8.76. The van der Waals surface area contributed by atoms with Crippen LogP contribution in [0.4, 0.5) is 5.69 Å². The summed E-state index contributed by atoms with van der Waals surface area (Å²) in [4.78, 5) is 3.59. The predicted molar refractivity (Wildman–Crippen MR) is 151 cm³/mol. The van der Waals surface area contributed by atoms with Gasteiger partial charge in [-0.15, -0.1) is 0 Å². The van der Waals surface area contributed by atoms with Gasteiger partial charge < -0.3 is 10.0 Å². The first-order valence-electron chi connectivity index (χ1n) is 11.8. The maximum Gasteiger partial charge on any atom is 0.264 e. The van der Waals surface area contributed by atoms with Gasteiger partial charge in [-0.2, -0.15) is 0 Å². The van der Waals surface area contributed by atoms with E-state index in [0.717, 1.165) is 10.5 Å². The molecule has 1 aliphatic rings. The number of phenols is 1. The minimum absolute atomic E-state index is 0.119. The van der Waals surface area contributed by atoms with E-state index in [-0.39, 0.29) is 10.7 Å². The van der Waals surface area contributed by atoms with Crippen LogP contribution >= 0.6 is 11.8 Å². The first-order valence-corrected chi connectivity index (χ1v) is 14.1. The number of anilines is 1. The molecule has 186 valence electrons. The van der Waals surface area contributed by atoms with Crippen molar-refractivity contribution in [3.8, 4) is 5.75 Å². The van der Waals surface area contributed by atoms with E-state index in [1.54, 1.807) is 31.3 Å². The Balaban J connectivity index is 1.55. The fraction of sp³-hybridized carbons (Fsp3) is 0.100. The molecule has 5 nitrogen and oxygen atoms in total. The number of nitrogens with zero attached hydrogens (tertiary/aromatic N) is 1. The van der Waals surface area contributed by atoms with E-state index in [4.69, 9.17) is 0 Å². The highest BCUT2D eigenvalue weighted by molar-refractivity contribution is 7.99. The number of fused-ring (bicyclic) bond motifs is 1. The molecular weight excluding hydrogens is 500 g/mol. The van der Waals surface area contributed by atoms with E-state index < -0.39 is 10.0 Å². The average molecular weight is 527 g/mol. The molecule has 4 aromatic carbocycles. The summed E-state index contributed by atoms with van der Waals surface area (Å²) in [6.45, 7) is 4.09. The van der Waals surface area contributed by atoms with Crippen molar-refractivity contribution in [3.63, 3.8) is 0 Å². The summed E-state index contributed by atoms with van der Waals surface area (Å²) in [5, 5.41) is 12.2. The lowest BCUT2D eigenvalue weighted by Crippen LogP contribution is -2.25. The lowest BCUT2D eigenvalue weighted by atomic mass is 10.1. The Labute approximate surface area is 221 Å². The number of sulfonamides is 1. The van der Waals surface area contributed by atoms with Crippen LogP contribution in [-0.4, -0.2) is 18.4 Å². The molecule has 4 aromatic rings. The highest BCUT2D eigenvalue weighted by Crippen LogP contribution is 2.43. The van der Waals surface area contributed by atoms with Crippen LogP contribution in [0.15, 0.2) is 129 Å². The average Bonchev–Trinajstić information content (AvgIpc) is 2.89. The smallest absolute Gasteiger partial charge is 0.264 e. The summed E-state index contributed by atoms with van der Waals surface area (Å²) in [6, 6.07) is 28.5. The van der Waals surface area contributed by atoms with Crippen molar-refractivity contribution in [2.75, 3.05) is 4.72 Å². The van der Waals surface area contributed by atoms with Gasteiger partial charge in [-0.05, 0) is 37.6 Å².